The Labute approximate surface area is 217 Å². The van der Waals surface area contributed by atoms with E-state index < -0.39 is 17.2 Å². The Kier molecular flexibility index (Phi) is 6.54. The van der Waals surface area contributed by atoms with Gasteiger partial charge in [-0.1, -0.05) is 30.3 Å². The van der Waals surface area contributed by atoms with Crippen LogP contribution < -0.4 is 5.32 Å². The lowest BCUT2D eigenvalue weighted by Gasteiger charge is -2.29. The Hall–Kier alpha value is -3.65. The van der Waals surface area contributed by atoms with E-state index in [1.54, 1.807) is 6.20 Å². The number of aromatic nitrogens is 3. The van der Waals surface area contributed by atoms with Gasteiger partial charge in [0, 0.05) is 23.8 Å². The number of rotatable bonds is 5. The minimum atomic E-state index is -0.611. The molecule has 0 radical (unpaired) electrons. The molecule has 37 heavy (non-hydrogen) atoms. The number of ether oxygens (including phenoxy) is 2. The Morgan fingerprint density at radius 2 is 1.86 bits per heavy atom. The van der Waals surface area contributed by atoms with Gasteiger partial charge < -0.3 is 19.2 Å². The van der Waals surface area contributed by atoms with E-state index in [1.165, 1.54) is 6.39 Å². The molecule has 5 rings (SSSR count). The molecule has 8 nitrogen and oxygen atoms in total. The highest BCUT2D eigenvalue weighted by Crippen LogP contribution is 2.39. The molecule has 1 aliphatic rings. The molecular weight excluding hydrogens is 468 g/mol. The molecule has 0 spiro atoms. The summed E-state index contributed by atoms with van der Waals surface area (Å²) in [6.45, 7) is 10.2. The van der Waals surface area contributed by atoms with Crippen LogP contribution in [0.1, 0.15) is 65.7 Å². The van der Waals surface area contributed by atoms with Crippen LogP contribution >= 0.6 is 0 Å². The third kappa shape index (κ3) is 5.39. The second-order valence-electron chi connectivity index (χ2n) is 11.0. The highest BCUT2D eigenvalue weighted by Gasteiger charge is 2.27. The van der Waals surface area contributed by atoms with Gasteiger partial charge in [-0.3, -0.25) is 0 Å². The first-order valence-electron chi connectivity index (χ1n) is 12.8. The first kappa shape index (κ1) is 25.0. The molecule has 1 amide bonds. The van der Waals surface area contributed by atoms with Gasteiger partial charge in [0.05, 0.1) is 17.3 Å². The van der Waals surface area contributed by atoms with Crippen molar-refractivity contribution in [3.05, 3.63) is 60.7 Å². The average Bonchev–Trinajstić information content (AvgIpc) is 3.53. The summed E-state index contributed by atoms with van der Waals surface area (Å²) in [5.74, 6) is 0.681. The Bertz CT molecular complexity index is 1380. The van der Waals surface area contributed by atoms with Gasteiger partial charge in [-0.2, -0.15) is 5.10 Å². The van der Waals surface area contributed by atoms with Crippen molar-refractivity contribution in [1.29, 1.82) is 0 Å². The summed E-state index contributed by atoms with van der Waals surface area (Å²) in [5, 5.41) is 8.78. The van der Waals surface area contributed by atoms with E-state index in [2.05, 4.69) is 34.7 Å². The lowest BCUT2D eigenvalue weighted by atomic mass is 9.90. The largest absolute Gasteiger partial charge is 0.444 e. The third-order valence-corrected chi connectivity index (χ3v) is 6.57. The molecule has 1 saturated heterocycles. The number of hydrogen-bond donors (Lipinski definition) is 1. The molecule has 0 bridgehead atoms. The SMILES string of the molecule is CC(C)(C)OC(=O)NC(C)(C)c1ccc(-c2ccc3nn(C4CCCCO4)cc3c2-c2cnco2)cc1. The van der Waals surface area contributed by atoms with Crippen molar-refractivity contribution in [2.75, 3.05) is 6.61 Å². The van der Waals surface area contributed by atoms with Gasteiger partial charge in [0.15, 0.2) is 12.2 Å². The molecule has 1 unspecified atom stereocenters. The van der Waals surface area contributed by atoms with Crippen LogP contribution in [0.15, 0.2) is 59.6 Å². The van der Waals surface area contributed by atoms with Gasteiger partial charge in [0.25, 0.3) is 0 Å². The second kappa shape index (κ2) is 9.67. The normalized spacial score (nSPS) is 16.6. The van der Waals surface area contributed by atoms with Crippen LogP contribution in [-0.2, 0) is 15.0 Å². The minimum absolute atomic E-state index is 0.0498. The van der Waals surface area contributed by atoms with Crippen LogP contribution in [0.3, 0.4) is 0 Å². The van der Waals surface area contributed by atoms with E-state index in [9.17, 15) is 4.79 Å². The van der Waals surface area contributed by atoms with Gasteiger partial charge >= 0.3 is 6.09 Å². The Morgan fingerprint density at radius 3 is 2.51 bits per heavy atom. The fraction of sp³-hybridized carbons (Fsp3) is 0.414. The van der Waals surface area contributed by atoms with Crippen LogP contribution in [0, 0.1) is 0 Å². The number of carbonyl (C=O) groups is 1. The summed E-state index contributed by atoms with van der Waals surface area (Å²) in [4.78, 5) is 16.6. The Morgan fingerprint density at radius 1 is 1.08 bits per heavy atom. The van der Waals surface area contributed by atoms with Crippen molar-refractivity contribution >= 4 is 17.0 Å². The van der Waals surface area contributed by atoms with Gasteiger partial charge in [-0.25, -0.2) is 14.5 Å². The monoisotopic (exact) mass is 502 g/mol. The third-order valence-electron chi connectivity index (χ3n) is 6.57. The van der Waals surface area contributed by atoms with Gasteiger partial charge in [0.2, 0.25) is 0 Å². The fourth-order valence-electron chi connectivity index (χ4n) is 4.73. The maximum Gasteiger partial charge on any atom is 0.408 e. The van der Waals surface area contributed by atoms with E-state index in [0.717, 1.165) is 59.0 Å². The predicted molar refractivity (Wildman–Crippen MR) is 142 cm³/mol. The van der Waals surface area contributed by atoms with E-state index in [-0.39, 0.29) is 6.23 Å². The molecule has 2 aromatic heterocycles. The maximum absolute atomic E-state index is 12.4. The van der Waals surface area contributed by atoms with Crippen LogP contribution in [0.5, 0.6) is 0 Å². The number of amides is 1. The highest BCUT2D eigenvalue weighted by molar-refractivity contribution is 6.01. The van der Waals surface area contributed by atoms with Crippen LogP contribution in [0.2, 0.25) is 0 Å². The lowest BCUT2D eigenvalue weighted by molar-refractivity contribution is -0.0390. The highest BCUT2D eigenvalue weighted by atomic mass is 16.6. The lowest BCUT2D eigenvalue weighted by Crippen LogP contribution is -2.43. The predicted octanol–water partition coefficient (Wildman–Crippen LogP) is 6.82. The molecule has 4 aromatic rings. The number of alkyl carbamates (subject to hydrolysis) is 1. The average molecular weight is 503 g/mol. The summed E-state index contributed by atoms with van der Waals surface area (Å²) in [6.07, 6.45) is 7.90. The zero-order valence-electron chi connectivity index (χ0n) is 22.1. The molecule has 2 aromatic carbocycles. The van der Waals surface area contributed by atoms with Crippen molar-refractivity contribution in [2.45, 2.75) is 71.2 Å². The summed E-state index contributed by atoms with van der Waals surface area (Å²) in [7, 11) is 0. The number of benzene rings is 2. The van der Waals surface area contributed by atoms with Crippen molar-refractivity contribution < 1.29 is 18.7 Å². The smallest absolute Gasteiger partial charge is 0.408 e. The van der Waals surface area contributed by atoms with Crippen molar-refractivity contribution in [1.82, 2.24) is 20.1 Å². The van der Waals surface area contributed by atoms with Crippen LogP contribution in [0.25, 0.3) is 33.4 Å². The summed E-state index contributed by atoms with van der Waals surface area (Å²) in [6, 6.07) is 12.3. The molecule has 1 aliphatic heterocycles. The zero-order valence-corrected chi connectivity index (χ0v) is 22.1. The topological polar surface area (TPSA) is 91.4 Å². The van der Waals surface area contributed by atoms with E-state index >= 15 is 0 Å². The van der Waals surface area contributed by atoms with E-state index in [1.807, 2.05) is 57.5 Å². The van der Waals surface area contributed by atoms with E-state index in [0.29, 0.717) is 5.76 Å². The number of hydrogen-bond acceptors (Lipinski definition) is 6. The van der Waals surface area contributed by atoms with Gasteiger partial charge in [0.1, 0.15) is 11.8 Å². The number of carbonyl (C=O) groups excluding carboxylic acids is 1. The van der Waals surface area contributed by atoms with E-state index in [4.69, 9.17) is 19.0 Å². The first-order chi connectivity index (χ1) is 17.6. The minimum Gasteiger partial charge on any atom is -0.444 e. The molecule has 0 saturated carbocycles. The molecule has 1 N–H and O–H groups in total. The van der Waals surface area contributed by atoms with Crippen molar-refractivity contribution in [3.8, 4) is 22.5 Å². The number of nitrogens with one attached hydrogen (secondary N) is 1. The second-order valence-corrected chi connectivity index (χ2v) is 11.0. The summed E-state index contributed by atoms with van der Waals surface area (Å²) in [5.41, 5.74) is 3.65. The number of nitrogens with zero attached hydrogens (tertiary/aromatic N) is 3. The Balaban J connectivity index is 1.49. The van der Waals surface area contributed by atoms with Crippen molar-refractivity contribution in [3.63, 3.8) is 0 Å². The van der Waals surface area contributed by atoms with Crippen LogP contribution in [0.4, 0.5) is 4.79 Å². The molecule has 1 fully saturated rings. The molecule has 0 aliphatic carbocycles. The molecule has 194 valence electrons. The zero-order chi connectivity index (χ0) is 26.2. The quantitative estimate of drug-likeness (QED) is 0.322. The molecule has 1 atom stereocenters. The fourth-order valence-corrected chi connectivity index (χ4v) is 4.73. The summed E-state index contributed by atoms with van der Waals surface area (Å²) < 4.78 is 19.1. The number of fused-ring (bicyclic) bond motifs is 1. The molecule has 3 heterocycles. The van der Waals surface area contributed by atoms with Crippen molar-refractivity contribution in [2.24, 2.45) is 0 Å². The summed E-state index contributed by atoms with van der Waals surface area (Å²) >= 11 is 0. The van der Waals surface area contributed by atoms with Gasteiger partial charge in [-0.05, 0) is 76.6 Å². The van der Waals surface area contributed by atoms with Crippen LogP contribution in [-0.4, -0.2) is 33.1 Å². The maximum atomic E-state index is 12.4. The first-order valence-corrected chi connectivity index (χ1v) is 12.8. The van der Waals surface area contributed by atoms with Gasteiger partial charge in [-0.15, -0.1) is 0 Å². The molecular formula is C29H34N4O4. The number of oxazole rings is 1. The standard InChI is InChI=1S/C29H34N4O4/c1-28(2,3)37-27(34)31-29(4,5)20-11-9-19(10-12-20)21-13-14-23-22(26(21)24-16-30-18-36-24)17-33(32-23)25-8-6-7-15-35-25/h9-14,16-18,25H,6-8,15H2,1-5H3,(H,31,34). The molecule has 8 heteroatoms.